The molecule has 1 unspecified atom stereocenters. The van der Waals surface area contributed by atoms with Gasteiger partial charge < -0.3 is 15.0 Å². The van der Waals surface area contributed by atoms with Crippen LogP contribution in [0.15, 0.2) is 17.6 Å². The molecule has 1 fully saturated rings. The molecule has 152 valence electrons. The minimum Gasteiger partial charge on any atom is -0.385 e. The third-order valence-corrected chi connectivity index (χ3v) is 6.37. The van der Waals surface area contributed by atoms with Crippen LogP contribution in [0.5, 0.6) is 0 Å². The average molecular weight is 412 g/mol. The molecule has 0 radical (unpaired) electrons. The minimum atomic E-state index is -4.17. The number of pyridine rings is 1. The van der Waals surface area contributed by atoms with Crippen LogP contribution in [0.1, 0.15) is 50.6 Å². The molecule has 1 aliphatic rings. The van der Waals surface area contributed by atoms with Crippen molar-refractivity contribution in [2.45, 2.75) is 50.9 Å². The van der Waals surface area contributed by atoms with Gasteiger partial charge in [-0.3, -0.25) is 4.98 Å². The first-order valence-corrected chi connectivity index (χ1v) is 10.4. The summed E-state index contributed by atoms with van der Waals surface area (Å²) in [6.45, 7) is 1.16. The molecule has 1 aliphatic carbocycles. The van der Waals surface area contributed by atoms with E-state index in [1.165, 1.54) is 0 Å². The molecule has 3 heterocycles. The lowest BCUT2D eigenvalue weighted by Gasteiger charge is -2.31. The highest BCUT2D eigenvalue weighted by Gasteiger charge is 2.30. The average Bonchev–Trinajstić information content (AvgIpc) is 3.25. The molecule has 0 spiro atoms. The van der Waals surface area contributed by atoms with Crippen LogP contribution in [-0.4, -0.2) is 38.9 Å². The number of aliphatic hydroxyl groups is 1. The molecule has 4 rings (SSSR count). The Balaban J connectivity index is 1.56. The number of nitrogens with one attached hydrogen (secondary N) is 1. The van der Waals surface area contributed by atoms with Crippen LogP contribution >= 0.6 is 11.3 Å². The Bertz CT molecular complexity index is 957. The second-order valence-corrected chi connectivity index (χ2v) is 8.48. The standard InChI is InChI=1S/C19H23F3N4OS/c1-11(27)18-25-15-9-24-14-6-7-28-17(14)16(15)26(18)13-4-2-12(3-5-13)8-23-10-19(20,21)22/h6-7,9,11-13,23,27H,2-5,8,10H2,1H3. The number of thiophene rings is 1. The minimum absolute atomic E-state index is 0.182. The number of imidazole rings is 1. The van der Waals surface area contributed by atoms with Crippen LogP contribution in [0, 0.1) is 5.92 Å². The summed E-state index contributed by atoms with van der Waals surface area (Å²) in [6.07, 6.45) is 0.310. The van der Waals surface area contributed by atoms with E-state index in [0.29, 0.717) is 12.4 Å². The predicted octanol–water partition coefficient (Wildman–Crippen LogP) is 4.58. The van der Waals surface area contributed by atoms with Crippen molar-refractivity contribution in [1.82, 2.24) is 19.9 Å². The van der Waals surface area contributed by atoms with Gasteiger partial charge in [-0.15, -0.1) is 11.3 Å². The van der Waals surface area contributed by atoms with E-state index < -0.39 is 18.8 Å². The summed E-state index contributed by atoms with van der Waals surface area (Å²) in [4.78, 5) is 9.08. The number of nitrogens with zero attached hydrogens (tertiary/aromatic N) is 3. The summed E-state index contributed by atoms with van der Waals surface area (Å²) < 4.78 is 40.2. The first-order chi connectivity index (χ1) is 13.3. The SMILES string of the molecule is CC(O)c1nc2cnc3ccsc3c2n1C1CCC(CNCC(F)(F)F)CC1. The molecule has 1 saturated carbocycles. The Labute approximate surface area is 164 Å². The number of hydrogen-bond acceptors (Lipinski definition) is 5. The number of fused-ring (bicyclic) bond motifs is 3. The van der Waals surface area contributed by atoms with Crippen molar-refractivity contribution in [1.29, 1.82) is 0 Å². The van der Waals surface area contributed by atoms with Gasteiger partial charge in [-0.05, 0) is 56.5 Å². The molecule has 0 bridgehead atoms. The number of rotatable bonds is 5. The summed E-state index contributed by atoms with van der Waals surface area (Å²) in [5.74, 6) is 0.878. The van der Waals surface area contributed by atoms with Gasteiger partial charge in [-0.2, -0.15) is 13.2 Å². The molecule has 28 heavy (non-hydrogen) atoms. The lowest BCUT2D eigenvalue weighted by atomic mass is 9.85. The maximum absolute atomic E-state index is 12.3. The van der Waals surface area contributed by atoms with Crippen LogP contribution in [0.25, 0.3) is 21.3 Å². The molecule has 3 aromatic heterocycles. The smallest absolute Gasteiger partial charge is 0.385 e. The van der Waals surface area contributed by atoms with Crippen LogP contribution < -0.4 is 5.32 Å². The fourth-order valence-electron chi connectivity index (χ4n) is 4.19. The highest BCUT2D eigenvalue weighted by Crippen LogP contribution is 2.39. The van der Waals surface area contributed by atoms with Crippen molar-refractivity contribution in [2.24, 2.45) is 5.92 Å². The molecule has 3 aromatic rings. The summed E-state index contributed by atoms with van der Waals surface area (Å²) in [5.41, 5.74) is 2.70. The Hall–Kier alpha value is -1.71. The topological polar surface area (TPSA) is 63.0 Å². The number of halogens is 3. The number of aliphatic hydroxyl groups excluding tert-OH is 1. The van der Waals surface area contributed by atoms with Gasteiger partial charge in [0, 0.05) is 6.04 Å². The summed E-state index contributed by atoms with van der Waals surface area (Å²) in [7, 11) is 0. The number of hydrogen-bond donors (Lipinski definition) is 2. The number of alkyl halides is 3. The Morgan fingerprint density at radius 1 is 1.29 bits per heavy atom. The lowest BCUT2D eigenvalue weighted by molar-refractivity contribution is -0.125. The van der Waals surface area contributed by atoms with Gasteiger partial charge in [0.25, 0.3) is 0 Å². The first kappa shape index (κ1) is 19.6. The van der Waals surface area contributed by atoms with E-state index in [4.69, 9.17) is 0 Å². The third-order valence-electron chi connectivity index (χ3n) is 5.46. The van der Waals surface area contributed by atoms with E-state index in [1.807, 2.05) is 11.4 Å². The molecule has 5 nitrogen and oxygen atoms in total. The zero-order chi connectivity index (χ0) is 19.9. The zero-order valence-electron chi connectivity index (χ0n) is 15.5. The van der Waals surface area contributed by atoms with Gasteiger partial charge in [-0.1, -0.05) is 0 Å². The largest absolute Gasteiger partial charge is 0.401 e. The van der Waals surface area contributed by atoms with E-state index in [0.717, 1.165) is 46.9 Å². The highest BCUT2D eigenvalue weighted by atomic mass is 32.1. The molecule has 0 aliphatic heterocycles. The second kappa shape index (κ2) is 7.61. The van der Waals surface area contributed by atoms with Gasteiger partial charge >= 0.3 is 6.18 Å². The monoisotopic (exact) mass is 412 g/mol. The van der Waals surface area contributed by atoms with Crippen LogP contribution in [0.4, 0.5) is 13.2 Å². The van der Waals surface area contributed by atoms with Gasteiger partial charge in [0.05, 0.1) is 28.5 Å². The van der Waals surface area contributed by atoms with E-state index in [-0.39, 0.29) is 12.0 Å². The van der Waals surface area contributed by atoms with Gasteiger partial charge in [0.1, 0.15) is 17.4 Å². The number of aromatic nitrogens is 3. The zero-order valence-corrected chi connectivity index (χ0v) is 16.4. The lowest BCUT2D eigenvalue weighted by Crippen LogP contribution is -2.34. The maximum atomic E-state index is 12.3. The first-order valence-electron chi connectivity index (χ1n) is 9.53. The van der Waals surface area contributed by atoms with Gasteiger partial charge in [0.15, 0.2) is 0 Å². The molecular formula is C19H23F3N4OS. The van der Waals surface area contributed by atoms with Gasteiger partial charge in [0.2, 0.25) is 0 Å². The summed E-state index contributed by atoms with van der Waals surface area (Å²) in [5, 5.41) is 14.8. The second-order valence-electron chi connectivity index (χ2n) is 7.56. The van der Waals surface area contributed by atoms with Crippen molar-refractivity contribution >= 4 is 32.6 Å². The molecule has 0 amide bonds. The summed E-state index contributed by atoms with van der Waals surface area (Å²) in [6, 6.07) is 2.16. The Morgan fingerprint density at radius 2 is 2.04 bits per heavy atom. The van der Waals surface area contributed by atoms with E-state index in [2.05, 4.69) is 19.9 Å². The molecular weight excluding hydrogens is 389 g/mol. The van der Waals surface area contributed by atoms with Crippen LogP contribution in [0.3, 0.4) is 0 Å². The van der Waals surface area contributed by atoms with Crippen molar-refractivity contribution < 1.29 is 18.3 Å². The molecule has 0 aromatic carbocycles. The van der Waals surface area contributed by atoms with Gasteiger partial charge in [-0.25, -0.2) is 4.98 Å². The van der Waals surface area contributed by atoms with E-state index >= 15 is 0 Å². The normalized spacial score (nSPS) is 22.2. The van der Waals surface area contributed by atoms with Crippen LogP contribution in [-0.2, 0) is 0 Å². The molecule has 9 heteroatoms. The molecule has 2 N–H and O–H groups in total. The fourth-order valence-corrected chi connectivity index (χ4v) is 5.07. The molecule has 1 atom stereocenters. The third kappa shape index (κ3) is 3.88. The maximum Gasteiger partial charge on any atom is 0.401 e. The van der Waals surface area contributed by atoms with E-state index in [1.54, 1.807) is 24.5 Å². The fraction of sp³-hybridized carbons (Fsp3) is 0.579. The van der Waals surface area contributed by atoms with E-state index in [9.17, 15) is 18.3 Å². The Morgan fingerprint density at radius 3 is 2.71 bits per heavy atom. The molecule has 0 saturated heterocycles. The Kier molecular flexibility index (Phi) is 5.32. The predicted molar refractivity (Wildman–Crippen MR) is 103 cm³/mol. The van der Waals surface area contributed by atoms with Crippen LogP contribution in [0.2, 0.25) is 0 Å². The van der Waals surface area contributed by atoms with Crippen molar-refractivity contribution in [2.75, 3.05) is 13.1 Å². The highest BCUT2D eigenvalue weighted by molar-refractivity contribution is 7.18. The van der Waals surface area contributed by atoms with Crippen molar-refractivity contribution in [3.8, 4) is 0 Å². The van der Waals surface area contributed by atoms with Crippen molar-refractivity contribution in [3.63, 3.8) is 0 Å². The quantitative estimate of drug-likeness (QED) is 0.644. The van der Waals surface area contributed by atoms with Crippen molar-refractivity contribution in [3.05, 3.63) is 23.5 Å². The summed E-state index contributed by atoms with van der Waals surface area (Å²) >= 11 is 1.61.